The molecule has 1 aromatic carbocycles. The summed E-state index contributed by atoms with van der Waals surface area (Å²) in [5.41, 5.74) is 2.25. The van der Waals surface area contributed by atoms with Crippen LogP contribution in [0.5, 0.6) is 0 Å². The quantitative estimate of drug-likeness (QED) is 0.680. The first-order valence-electron chi connectivity index (χ1n) is 4.04. The number of halogens is 1. The minimum absolute atomic E-state index is 0.515. The normalized spacial score (nSPS) is 10.3. The van der Waals surface area contributed by atoms with E-state index in [2.05, 4.69) is 24.2 Å². The Morgan fingerprint density at radius 1 is 1.31 bits per heavy atom. The van der Waals surface area contributed by atoms with Crippen molar-refractivity contribution in [2.24, 2.45) is 0 Å². The fraction of sp³-hybridized carbons (Fsp3) is 0.100. The van der Waals surface area contributed by atoms with Gasteiger partial charge in [-0.1, -0.05) is 23.7 Å². The molecule has 1 heterocycles. The summed E-state index contributed by atoms with van der Waals surface area (Å²) < 4.78 is 1.76. The molecule has 0 saturated carbocycles. The van der Waals surface area contributed by atoms with Gasteiger partial charge in [-0.3, -0.25) is 0 Å². The summed E-state index contributed by atoms with van der Waals surface area (Å²) in [5.74, 6) is 0. The second-order valence-electron chi connectivity index (χ2n) is 2.92. The summed E-state index contributed by atoms with van der Waals surface area (Å²) >= 11 is 5.72. The highest BCUT2D eigenvalue weighted by molar-refractivity contribution is 6.29. The molecule has 0 fully saturated rings. The van der Waals surface area contributed by atoms with Gasteiger partial charge in [0, 0.05) is 6.20 Å². The molecule has 0 N–H and O–H groups in total. The van der Waals surface area contributed by atoms with E-state index in [0.29, 0.717) is 5.15 Å². The van der Waals surface area contributed by atoms with Gasteiger partial charge in [-0.25, -0.2) is 4.68 Å². The third kappa shape index (κ3) is 1.73. The monoisotopic (exact) mass is 192 g/mol. The highest BCUT2D eigenvalue weighted by Crippen LogP contribution is 2.11. The van der Waals surface area contributed by atoms with Gasteiger partial charge in [0.2, 0.25) is 0 Å². The van der Waals surface area contributed by atoms with E-state index in [4.69, 9.17) is 11.6 Å². The average Bonchev–Trinajstić information content (AvgIpc) is 2.52. The molecule has 3 heteroatoms. The molecule has 0 aliphatic heterocycles. The van der Waals surface area contributed by atoms with E-state index in [-0.39, 0.29) is 0 Å². The van der Waals surface area contributed by atoms with Crippen LogP contribution in [-0.4, -0.2) is 9.78 Å². The van der Waals surface area contributed by atoms with Gasteiger partial charge in [-0.2, -0.15) is 5.10 Å². The zero-order chi connectivity index (χ0) is 9.26. The molecule has 0 unspecified atom stereocenters. The number of aromatic nitrogens is 2. The molecule has 0 saturated heterocycles. The Kier molecular flexibility index (Phi) is 2.07. The van der Waals surface area contributed by atoms with E-state index in [0.717, 1.165) is 5.69 Å². The van der Waals surface area contributed by atoms with Crippen molar-refractivity contribution in [1.29, 1.82) is 0 Å². The topological polar surface area (TPSA) is 17.8 Å². The standard InChI is InChI=1S/C10H9ClN2/c1-8-3-2-4-9(7-8)13-6-5-10(11)12-13/h2-7H,1H3. The van der Waals surface area contributed by atoms with Gasteiger partial charge in [0.25, 0.3) is 0 Å². The zero-order valence-electron chi connectivity index (χ0n) is 7.24. The fourth-order valence-corrected chi connectivity index (χ4v) is 1.35. The highest BCUT2D eigenvalue weighted by Gasteiger charge is 1.97. The summed E-state index contributed by atoms with van der Waals surface area (Å²) in [5, 5.41) is 4.62. The number of rotatable bonds is 1. The Balaban J connectivity index is 2.46. The van der Waals surface area contributed by atoms with Crippen LogP contribution in [0.3, 0.4) is 0 Å². The SMILES string of the molecule is Cc1cccc(-n2ccc(Cl)n2)c1. The molecule has 0 aliphatic rings. The smallest absolute Gasteiger partial charge is 0.151 e. The lowest BCUT2D eigenvalue weighted by Gasteiger charge is -2.00. The van der Waals surface area contributed by atoms with Crippen LogP contribution in [0.2, 0.25) is 5.15 Å². The molecular formula is C10H9ClN2. The van der Waals surface area contributed by atoms with Crippen LogP contribution in [0, 0.1) is 6.92 Å². The molecule has 0 aliphatic carbocycles. The number of nitrogens with zero attached hydrogens (tertiary/aromatic N) is 2. The maximum Gasteiger partial charge on any atom is 0.151 e. The Morgan fingerprint density at radius 2 is 2.15 bits per heavy atom. The minimum atomic E-state index is 0.515. The Bertz CT molecular complexity index is 420. The van der Waals surface area contributed by atoms with Crippen LogP contribution in [-0.2, 0) is 0 Å². The lowest BCUT2D eigenvalue weighted by molar-refractivity contribution is 0.879. The van der Waals surface area contributed by atoms with Crippen LogP contribution in [0.25, 0.3) is 5.69 Å². The van der Waals surface area contributed by atoms with E-state index in [1.165, 1.54) is 5.56 Å². The molecule has 2 aromatic rings. The molecule has 1 aromatic heterocycles. The van der Waals surface area contributed by atoms with Gasteiger partial charge in [0.05, 0.1) is 5.69 Å². The molecule has 66 valence electrons. The van der Waals surface area contributed by atoms with Gasteiger partial charge in [0.15, 0.2) is 5.15 Å². The first-order chi connectivity index (χ1) is 6.25. The number of benzene rings is 1. The molecule has 0 amide bonds. The molecule has 13 heavy (non-hydrogen) atoms. The van der Waals surface area contributed by atoms with E-state index >= 15 is 0 Å². The van der Waals surface area contributed by atoms with Gasteiger partial charge < -0.3 is 0 Å². The van der Waals surface area contributed by atoms with E-state index in [1.54, 1.807) is 10.7 Å². The van der Waals surface area contributed by atoms with Crippen LogP contribution in [0.15, 0.2) is 36.5 Å². The van der Waals surface area contributed by atoms with Crippen molar-refractivity contribution in [3.05, 3.63) is 47.2 Å². The first-order valence-corrected chi connectivity index (χ1v) is 4.42. The first kappa shape index (κ1) is 8.32. The lowest BCUT2D eigenvalue weighted by atomic mass is 10.2. The van der Waals surface area contributed by atoms with Crippen molar-refractivity contribution >= 4 is 11.6 Å². The van der Waals surface area contributed by atoms with E-state index in [1.807, 2.05) is 18.3 Å². The van der Waals surface area contributed by atoms with Gasteiger partial charge in [-0.15, -0.1) is 0 Å². The predicted octanol–water partition coefficient (Wildman–Crippen LogP) is 2.83. The maximum atomic E-state index is 5.72. The van der Waals surface area contributed by atoms with E-state index in [9.17, 15) is 0 Å². The second-order valence-corrected chi connectivity index (χ2v) is 3.31. The fourth-order valence-electron chi connectivity index (χ4n) is 1.22. The number of hydrogen-bond donors (Lipinski definition) is 0. The zero-order valence-corrected chi connectivity index (χ0v) is 7.99. The molecule has 0 radical (unpaired) electrons. The van der Waals surface area contributed by atoms with Crippen molar-refractivity contribution in [3.63, 3.8) is 0 Å². The maximum absolute atomic E-state index is 5.72. The minimum Gasteiger partial charge on any atom is -0.239 e. The Morgan fingerprint density at radius 3 is 2.77 bits per heavy atom. The van der Waals surface area contributed by atoms with E-state index < -0.39 is 0 Å². The largest absolute Gasteiger partial charge is 0.239 e. The Labute approximate surface area is 81.8 Å². The van der Waals surface area contributed by atoms with Crippen molar-refractivity contribution in [2.75, 3.05) is 0 Å². The Hall–Kier alpha value is -1.28. The predicted molar refractivity (Wildman–Crippen MR) is 53.3 cm³/mol. The van der Waals surface area contributed by atoms with Crippen LogP contribution < -0.4 is 0 Å². The van der Waals surface area contributed by atoms with Gasteiger partial charge in [0.1, 0.15) is 0 Å². The molecule has 0 bridgehead atoms. The molecule has 0 atom stereocenters. The summed E-state index contributed by atoms with van der Waals surface area (Å²) in [7, 11) is 0. The molecule has 2 nitrogen and oxygen atoms in total. The van der Waals surface area contributed by atoms with Crippen LogP contribution >= 0.6 is 11.6 Å². The summed E-state index contributed by atoms with van der Waals surface area (Å²) in [6.07, 6.45) is 1.84. The summed E-state index contributed by atoms with van der Waals surface area (Å²) in [6.45, 7) is 2.05. The highest BCUT2D eigenvalue weighted by atomic mass is 35.5. The summed E-state index contributed by atoms with van der Waals surface area (Å²) in [6, 6.07) is 9.87. The van der Waals surface area contributed by atoms with Crippen molar-refractivity contribution in [3.8, 4) is 5.69 Å². The molecule has 2 rings (SSSR count). The molecular weight excluding hydrogens is 184 g/mol. The van der Waals surface area contributed by atoms with Crippen molar-refractivity contribution < 1.29 is 0 Å². The van der Waals surface area contributed by atoms with Crippen LogP contribution in [0.4, 0.5) is 0 Å². The van der Waals surface area contributed by atoms with Gasteiger partial charge in [-0.05, 0) is 30.7 Å². The average molecular weight is 193 g/mol. The number of aryl methyl sites for hydroxylation is 1. The van der Waals surface area contributed by atoms with Crippen molar-refractivity contribution in [1.82, 2.24) is 9.78 Å². The van der Waals surface area contributed by atoms with Crippen LogP contribution in [0.1, 0.15) is 5.56 Å². The molecule has 0 spiro atoms. The van der Waals surface area contributed by atoms with Gasteiger partial charge >= 0.3 is 0 Å². The summed E-state index contributed by atoms with van der Waals surface area (Å²) in [4.78, 5) is 0. The third-order valence-electron chi connectivity index (χ3n) is 1.82. The lowest BCUT2D eigenvalue weighted by Crippen LogP contribution is -1.93. The van der Waals surface area contributed by atoms with Crippen molar-refractivity contribution in [2.45, 2.75) is 6.92 Å². The second kappa shape index (κ2) is 3.23. The number of hydrogen-bond acceptors (Lipinski definition) is 1. The third-order valence-corrected chi connectivity index (χ3v) is 2.02.